The molecule has 0 radical (unpaired) electrons. The summed E-state index contributed by atoms with van der Waals surface area (Å²) in [5, 5.41) is 14.1. The Kier molecular flexibility index (Phi) is 8.74. The number of rotatable bonds is 11. The molecule has 33 heavy (non-hydrogen) atoms. The lowest BCUT2D eigenvalue weighted by atomic mass is 10.1. The van der Waals surface area contributed by atoms with Gasteiger partial charge in [0.05, 0.1) is 20.8 Å². The van der Waals surface area contributed by atoms with E-state index in [1.54, 1.807) is 36.6 Å². The second-order valence-electron chi connectivity index (χ2n) is 6.69. The average molecular weight is 465 g/mol. The minimum Gasteiger partial charge on any atom is -0.493 e. The highest BCUT2D eigenvalue weighted by Gasteiger charge is 2.11. The molecule has 0 aliphatic heterocycles. The largest absolute Gasteiger partial charge is 0.493 e. The maximum absolute atomic E-state index is 12.4. The number of nitriles is 1. The molecule has 0 aliphatic rings. The number of carbonyl (C=O) groups excluding carboxylic acids is 1. The van der Waals surface area contributed by atoms with Gasteiger partial charge in [-0.05, 0) is 47.4 Å². The number of amides is 1. The number of ether oxygens (including phenoxy) is 4. The van der Waals surface area contributed by atoms with E-state index in [1.165, 1.54) is 13.2 Å². The lowest BCUT2D eigenvalue weighted by Crippen LogP contribution is -2.23. The van der Waals surface area contributed by atoms with E-state index in [2.05, 4.69) is 5.32 Å². The third-order valence-corrected chi connectivity index (χ3v) is 5.41. The summed E-state index contributed by atoms with van der Waals surface area (Å²) in [6.45, 7) is 0.981. The first kappa shape index (κ1) is 23.7. The summed E-state index contributed by atoms with van der Waals surface area (Å²) < 4.78 is 22.2. The molecule has 2 aromatic carbocycles. The van der Waals surface area contributed by atoms with Gasteiger partial charge in [0.1, 0.15) is 24.9 Å². The van der Waals surface area contributed by atoms with Crippen molar-refractivity contribution in [3.8, 4) is 29.1 Å². The van der Waals surface area contributed by atoms with Crippen LogP contribution < -0.4 is 24.3 Å². The van der Waals surface area contributed by atoms with Crippen LogP contribution in [0, 0.1) is 11.3 Å². The number of methoxy groups -OCH3 is 2. The molecule has 0 unspecified atom stereocenters. The average Bonchev–Trinajstić information content (AvgIpc) is 3.38. The molecule has 0 saturated carbocycles. The number of thiophene rings is 1. The predicted octanol–water partition coefficient (Wildman–Crippen LogP) is 4.45. The van der Waals surface area contributed by atoms with Crippen LogP contribution in [-0.4, -0.2) is 33.3 Å². The number of benzene rings is 2. The summed E-state index contributed by atoms with van der Waals surface area (Å²) in [5.41, 5.74) is 0.653. The van der Waals surface area contributed by atoms with Crippen LogP contribution in [0.3, 0.4) is 0 Å². The van der Waals surface area contributed by atoms with E-state index < -0.39 is 5.91 Å². The molecule has 0 fully saturated rings. The fourth-order valence-corrected chi connectivity index (χ4v) is 3.57. The second-order valence-corrected chi connectivity index (χ2v) is 7.72. The Hall–Kier alpha value is -3.96. The fraction of sp³-hybridized carbons (Fsp3) is 0.200. The van der Waals surface area contributed by atoms with Crippen molar-refractivity contribution in [1.29, 1.82) is 5.26 Å². The highest BCUT2D eigenvalue weighted by atomic mass is 32.1. The van der Waals surface area contributed by atoms with E-state index in [1.807, 2.05) is 47.8 Å². The van der Waals surface area contributed by atoms with Crippen LogP contribution in [0.15, 0.2) is 65.6 Å². The van der Waals surface area contributed by atoms with Gasteiger partial charge >= 0.3 is 0 Å². The first-order valence-electron chi connectivity index (χ1n) is 10.1. The lowest BCUT2D eigenvalue weighted by molar-refractivity contribution is -0.117. The Morgan fingerprint density at radius 1 is 0.970 bits per heavy atom. The van der Waals surface area contributed by atoms with E-state index in [9.17, 15) is 10.1 Å². The van der Waals surface area contributed by atoms with Gasteiger partial charge in [-0.3, -0.25) is 4.79 Å². The van der Waals surface area contributed by atoms with Gasteiger partial charge in [-0.15, -0.1) is 11.3 Å². The van der Waals surface area contributed by atoms with Crippen molar-refractivity contribution in [2.24, 2.45) is 0 Å². The Morgan fingerprint density at radius 3 is 2.30 bits per heavy atom. The molecule has 1 heterocycles. The molecule has 0 aliphatic carbocycles. The Labute approximate surface area is 196 Å². The maximum atomic E-state index is 12.4. The van der Waals surface area contributed by atoms with Gasteiger partial charge in [-0.25, -0.2) is 0 Å². The predicted molar refractivity (Wildman–Crippen MR) is 127 cm³/mol. The van der Waals surface area contributed by atoms with Crippen molar-refractivity contribution in [3.05, 3.63) is 76.0 Å². The molecule has 0 spiro atoms. The Bertz CT molecular complexity index is 1140. The number of carbonyl (C=O) groups is 1. The monoisotopic (exact) mass is 464 g/mol. The van der Waals surface area contributed by atoms with Crippen LogP contribution in [0.1, 0.15) is 10.4 Å². The molecule has 3 rings (SSSR count). The van der Waals surface area contributed by atoms with Crippen LogP contribution in [0.4, 0.5) is 0 Å². The van der Waals surface area contributed by atoms with Gasteiger partial charge in [0.2, 0.25) is 0 Å². The molecule has 1 aromatic heterocycles. The summed E-state index contributed by atoms with van der Waals surface area (Å²) in [6, 6.07) is 18.4. The van der Waals surface area contributed by atoms with Crippen molar-refractivity contribution in [2.75, 3.05) is 27.4 Å². The summed E-state index contributed by atoms with van der Waals surface area (Å²) in [5.74, 6) is 1.87. The summed E-state index contributed by atoms with van der Waals surface area (Å²) >= 11 is 1.54. The molecule has 0 saturated heterocycles. The number of hydrogen-bond donors (Lipinski definition) is 1. The van der Waals surface area contributed by atoms with Gasteiger partial charge in [0.25, 0.3) is 5.91 Å². The highest BCUT2D eigenvalue weighted by molar-refractivity contribution is 7.09. The molecular formula is C25H24N2O5S. The molecule has 8 heteroatoms. The Morgan fingerprint density at radius 2 is 1.67 bits per heavy atom. The van der Waals surface area contributed by atoms with Crippen molar-refractivity contribution in [3.63, 3.8) is 0 Å². The molecule has 3 aromatic rings. The van der Waals surface area contributed by atoms with Crippen molar-refractivity contribution >= 4 is 23.3 Å². The zero-order valence-corrected chi connectivity index (χ0v) is 19.2. The molecular weight excluding hydrogens is 440 g/mol. The first-order chi connectivity index (χ1) is 16.1. The van der Waals surface area contributed by atoms with E-state index in [4.69, 9.17) is 18.9 Å². The quantitative estimate of drug-likeness (QED) is 0.256. The van der Waals surface area contributed by atoms with E-state index in [0.717, 1.165) is 4.88 Å². The van der Waals surface area contributed by atoms with Crippen LogP contribution >= 0.6 is 11.3 Å². The van der Waals surface area contributed by atoms with Crippen LogP contribution in [0.2, 0.25) is 0 Å². The third-order valence-electron chi connectivity index (χ3n) is 4.53. The molecule has 1 N–H and O–H groups in total. The number of para-hydroxylation sites is 2. The summed E-state index contributed by atoms with van der Waals surface area (Å²) in [7, 11) is 3.12. The molecule has 1 amide bonds. The number of nitrogens with one attached hydrogen (secondary N) is 1. The van der Waals surface area contributed by atoms with Crippen LogP contribution in [-0.2, 0) is 11.3 Å². The van der Waals surface area contributed by atoms with Gasteiger partial charge in [0.15, 0.2) is 23.0 Å². The molecule has 0 atom stereocenters. The first-order valence-corrected chi connectivity index (χ1v) is 11.0. The lowest BCUT2D eigenvalue weighted by Gasteiger charge is -2.13. The van der Waals surface area contributed by atoms with Crippen molar-refractivity contribution in [2.45, 2.75) is 6.54 Å². The van der Waals surface area contributed by atoms with Crippen LogP contribution in [0.5, 0.6) is 23.0 Å². The van der Waals surface area contributed by atoms with E-state index >= 15 is 0 Å². The zero-order chi connectivity index (χ0) is 23.5. The topological polar surface area (TPSA) is 89.8 Å². The van der Waals surface area contributed by atoms with Gasteiger partial charge in [0, 0.05) is 4.88 Å². The Balaban J connectivity index is 1.59. The molecule has 0 bridgehead atoms. The standard InChI is InChI=1S/C25H24N2O5S/c1-29-21-7-3-4-8-22(21)31-11-12-32-23-10-9-18(15-24(23)30-2)14-19(16-26)25(28)27-17-20-6-5-13-33-20/h3-10,13-15H,11-12,17H2,1-2H3,(H,27,28)/b19-14+. The van der Waals surface area contributed by atoms with Gasteiger partial charge in [-0.2, -0.15) is 5.26 Å². The normalized spacial score (nSPS) is 10.8. The number of hydrogen-bond acceptors (Lipinski definition) is 7. The minimum absolute atomic E-state index is 0.00693. The molecule has 170 valence electrons. The summed E-state index contributed by atoms with van der Waals surface area (Å²) in [6.07, 6.45) is 1.51. The minimum atomic E-state index is -0.432. The number of nitrogens with zero attached hydrogens (tertiary/aromatic N) is 1. The van der Waals surface area contributed by atoms with Crippen molar-refractivity contribution in [1.82, 2.24) is 5.32 Å². The summed E-state index contributed by atoms with van der Waals surface area (Å²) in [4.78, 5) is 13.4. The second kappa shape index (κ2) is 12.2. The highest BCUT2D eigenvalue weighted by Crippen LogP contribution is 2.29. The van der Waals surface area contributed by atoms with E-state index in [0.29, 0.717) is 41.7 Å². The van der Waals surface area contributed by atoms with Crippen molar-refractivity contribution < 1.29 is 23.7 Å². The van der Waals surface area contributed by atoms with E-state index in [-0.39, 0.29) is 12.2 Å². The van der Waals surface area contributed by atoms with Gasteiger partial charge in [-0.1, -0.05) is 24.3 Å². The molecule has 7 nitrogen and oxygen atoms in total. The third kappa shape index (κ3) is 6.76. The zero-order valence-electron chi connectivity index (χ0n) is 18.4. The smallest absolute Gasteiger partial charge is 0.262 e. The van der Waals surface area contributed by atoms with Crippen LogP contribution in [0.25, 0.3) is 6.08 Å². The van der Waals surface area contributed by atoms with Gasteiger partial charge < -0.3 is 24.3 Å². The SMILES string of the molecule is COc1ccccc1OCCOc1ccc(/C=C(\C#N)C(=O)NCc2cccs2)cc1OC. The fourth-order valence-electron chi connectivity index (χ4n) is 2.93. The maximum Gasteiger partial charge on any atom is 0.262 e.